The zero-order chi connectivity index (χ0) is 9.14. The summed E-state index contributed by atoms with van der Waals surface area (Å²) < 4.78 is 12.4. The Morgan fingerprint density at radius 1 is 1.33 bits per heavy atom. The number of rotatable bonds is 2. The molecule has 0 atom stereocenters. The van der Waals surface area contributed by atoms with Gasteiger partial charge in [-0.25, -0.2) is 4.39 Å². The molecule has 1 aromatic rings. The molecule has 4 heteroatoms. The summed E-state index contributed by atoms with van der Waals surface area (Å²) >= 11 is 6.02. The van der Waals surface area contributed by atoms with Crippen molar-refractivity contribution in [2.24, 2.45) is 0 Å². The molecule has 0 aliphatic carbocycles. The summed E-state index contributed by atoms with van der Waals surface area (Å²) in [4.78, 5) is 11.2. The van der Waals surface area contributed by atoms with E-state index in [4.69, 9.17) is 0 Å². The van der Waals surface area contributed by atoms with Gasteiger partial charge in [0, 0.05) is 0 Å². The zero-order valence-electron chi connectivity index (χ0n) is 5.93. The van der Waals surface area contributed by atoms with Gasteiger partial charge < -0.3 is 0 Å². The Hall–Kier alpha value is -0.220. The smallest absolute Gasteiger partial charge is 0.190 e. The third-order valence-electron chi connectivity index (χ3n) is 1.34. The number of halogens is 3. The van der Waals surface area contributed by atoms with Gasteiger partial charge in [-0.3, -0.25) is 4.79 Å². The fourth-order valence-corrected chi connectivity index (χ4v) is 1.27. The van der Waals surface area contributed by atoms with Crippen molar-refractivity contribution in [3.8, 4) is 0 Å². The molecule has 0 spiro atoms. The van der Waals surface area contributed by atoms with Crippen LogP contribution in [0.15, 0.2) is 24.3 Å². The van der Waals surface area contributed by atoms with Gasteiger partial charge in [0.1, 0.15) is 9.55 Å². The number of hydrogen-bond donors (Lipinski definition) is 0. The number of carbonyl (C=O) groups excluding carboxylic acids is 1. The van der Waals surface area contributed by atoms with Crippen molar-refractivity contribution in [2.75, 3.05) is 0 Å². The molecule has 0 aliphatic rings. The van der Waals surface area contributed by atoms with Gasteiger partial charge in [-0.2, -0.15) is 0 Å². The molecule has 0 amide bonds. The Kier molecular flexibility index (Phi) is 3.40. The van der Waals surface area contributed by atoms with Gasteiger partial charge >= 0.3 is 0 Å². The summed E-state index contributed by atoms with van der Waals surface area (Å²) in [6, 6.07) is 5.88. The molecule has 0 bridgehead atoms. The zero-order valence-corrected chi connectivity index (χ0v) is 9.10. The molecule has 1 aromatic carbocycles. The molecule has 0 saturated heterocycles. The molecule has 12 heavy (non-hydrogen) atoms. The minimum atomic E-state index is -0.526. The number of benzene rings is 1. The summed E-state index contributed by atoms with van der Waals surface area (Å²) in [5.74, 6) is -0.806. The van der Waals surface area contributed by atoms with Gasteiger partial charge in [0.2, 0.25) is 0 Å². The lowest BCUT2D eigenvalue weighted by molar-refractivity contribution is 0.101. The maximum absolute atomic E-state index is 12.9. The van der Waals surface area contributed by atoms with Gasteiger partial charge in [-0.15, -0.1) is 0 Å². The van der Waals surface area contributed by atoms with E-state index >= 15 is 0 Å². The molecule has 0 aliphatic heterocycles. The molecule has 1 nitrogen and oxygen atoms in total. The van der Waals surface area contributed by atoms with Gasteiger partial charge in [-0.1, -0.05) is 44.0 Å². The van der Waals surface area contributed by atoms with Crippen LogP contribution in [0.5, 0.6) is 0 Å². The van der Waals surface area contributed by atoms with E-state index in [-0.39, 0.29) is 11.3 Å². The van der Waals surface area contributed by atoms with Gasteiger partial charge in [0.15, 0.2) is 5.78 Å². The number of alkyl halides is 2. The highest BCUT2D eigenvalue weighted by atomic mass is 79.9. The van der Waals surface area contributed by atoms with Crippen LogP contribution >= 0.6 is 31.9 Å². The third-order valence-corrected chi connectivity index (χ3v) is 2.17. The highest BCUT2D eigenvalue weighted by Crippen LogP contribution is 2.17. The Morgan fingerprint density at radius 2 is 1.92 bits per heavy atom. The normalized spacial score (nSPS) is 10.3. The molecule has 0 radical (unpaired) electrons. The van der Waals surface area contributed by atoms with E-state index in [1.54, 1.807) is 12.1 Å². The van der Waals surface area contributed by atoms with Crippen molar-refractivity contribution >= 4 is 37.6 Å². The number of Topliss-reactive ketones (excluding diaryl/α,β-unsaturated/α-hetero) is 1. The Bertz CT molecular complexity index is 299. The first-order chi connectivity index (χ1) is 5.63. The highest BCUT2D eigenvalue weighted by molar-refractivity contribution is 9.25. The van der Waals surface area contributed by atoms with Gasteiger partial charge in [-0.05, 0) is 12.1 Å². The third kappa shape index (κ3) is 2.14. The van der Waals surface area contributed by atoms with Crippen LogP contribution in [0.3, 0.4) is 0 Å². The van der Waals surface area contributed by atoms with E-state index in [9.17, 15) is 9.18 Å². The first kappa shape index (κ1) is 9.86. The van der Waals surface area contributed by atoms with Crippen molar-refractivity contribution in [1.29, 1.82) is 0 Å². The molecule has 0 N–H and O–H groups in total. The molecule has 64 valence electrons. The summed E-state index contributed by atoms with van der Waals surface area (Å²) in [5.41, 5.74) is 0.0938. The van der Waals surface area contributed by atoms with Crippen molar-refractivity contribution in [1.82, 2.24) is 0 Å². The Balaban J connectivity index is 3.03. The lowest BCUT2D eigenvalue weighted by Crippen LogP contribution is -2.08. The Labute approximate surface area is 86.2 Å². The minimum absolute atomic E-state index is 0.0938. The van der Waals surface area contributed by atoms with Crippen LogP contribution in [-0.2, 0) is 0 Å². The van der Waals surface area contributed by atoms with Crippen molar-refractivity contribution in [3.63, 3.8) is 0 Å². The Morgan fingerprint density at radius 3 is 2.42 bits per heavy atom. The quantitative estimate of drug-likeness (QED) is 0.605. The van der Waals surface area contributed by atoms with Crippen LogP contribution in [0.1, 0.15) is 10.4 Å². The number of hydrogen-bond acceptors (Lipinski definition) is 1. The predicted molar refractivity (Wildman–Crippen MR) is 52.4 cm³/mol. The van der Waals surface area contributed by atoms with Crippen molar-refractivity contribution in [2.45, 2.75) is 3.74 Å². The largest absolute Gasteiger partial charge is 0.292 e. The van der Waals surface area contributed by atoms with E-state index in [1.807, 2.05) is 0 Å². The summed E-state index contributed by atoms with van der Waals surface area (Å²) in [6.07, 6.45) is 0. The number of carbonyl (C=O) groups is 1. The first-order valence-corrected chi connectivity index (χ1v) is 5.03. The predicted octanol–water partition coefficient (Wildman–Crippen LogP) is 3.12. The maximum atomic E-state index is 12.9. The second kappa shape index (κ2) is 4.14. The second-order valence-corrected chi connectivity index (χ2v) is 5.20. The molecule has 1 rings (SSSR count). The van der Waals surface area contributed by atoms with Crippen molar-refractivity contribution in [3.05, 3.63) is 35.6 Å². The summed E-state index contributed by atoms with van der Waals surface area (Å²) in [7, 11) is 0. The van der Waals surface area contributed by atoms with Crippen LogP contribution < -0.4 is 0 Å². The fraction of sp³-hybridized carbons (Fsp3) is 0.125. The minimum Gasteiger partial charge on any atom is -0.292 e. The molecular formula is C8H5Br2FO. The van der Waals surface area contributed by atoms with E-state index in [0.717, 1.165) is 0 Å². The lowest BCUT2D eigenvalue weighted by Gasteiger charge is -2.01. The van der Waals surface area contributed by atoms with E-state index in [2.05, 4.69) is 31.9 Å². The van der Waals surface area contributed by atoms with Crippen molar-refractivity contribution < 1.29 is 9.18 Å². The lowest BCUT2D eigenvalue weighted by atomic mass is 10.1. The molecule has 0 unspecified atom stereocenters. The molecule has 0 heterocycles. The second-order valence-electron chi connectivity index (χ2n) is 2.14. The summed E-state index contributed by atoms with van der Waals surface area (Å²) in [6.45, 7) is 0. The van der Waals surface area contributed by atoms with E-state index < -0.39 is 9.55 Å². The molecule has 0 fully saturated rings. The maximum Gasteiger partial charge on any atom is 0.190 e. The molecular weight excluding hydrogens is 291 g/mol. The SMILES string of the molecule is O=C(c1ccccc1F)C(Br)Br. The number of ketones is 1. The van der Waals surface area contributed by atoms with Crippen LogP contribution in [0, 0.1) is 5.82 Å². The first-order valence-electron chi connectivity index (χ1n) is 3.20. The molecule has 0 aromatic heterocycles. The highest BCUT2D eigenvalue weighted by Gasteiger charge is 2.16. The van der Waals surface area contributed by atoms with Crippen LogP contribution in [0.2, 0.25) is 0 Å². The van der Waals surface area contributed by atoms with Crippen LogP contribution in [0.4, 0.5) is 4.39 Å². The van der Waals surface area contributed by atoms with Gasteiger partial charge in [0.25, 0.3) is 0 Å². The topological polar surface area (TPSA) is 17.1 Å². The summed E-state index contributed by atoms with van der Waals surface area (Å²) in [5, 5.41) is 0. The van der Waals surface area contributed by atoms with Crippen LogP contribution in [0.25, 0.3) is 0 Å². The average molecular weight is 296 g/mol. The standard InChI is InChI=1S/C8H5Br2FO/c9-8(10)7(12)5-3-1-2-4-6(5)11/h1-4,8H. The van der Waals surface area contributed by atoms with E-state index in [1.165, 1.54) is 12.1 Å². The van der Waals surface area contributed by atoms with Crippen LogP contribution in [-0.4, -0.2) is 9.52 Å². The van der Waals surface area contributed by atoms with E-state index in [0.29, 0.717) is 0 Å². The molecule has 0 saturated carbocycles. The fourth-order valence-electron chi connectivity index (χ4n) is 0.779. The average Bonchev–Trinajstić information content (AvgIpc) is 2.04. The monoisotopic (exact) mass is 294 g/mol. The van der Waals surface area contributed by atoms with Gasteiger partial charge in [0.05, 0.1) is 5.56 Å².